The van der Waals surface area contributed by atoms with Crippen molar-refractivity contribution in [3.05, 3.63) is 36.4 Å². The second-order valence-electron chi connectivity index (χ2n) is 4.13. The molecular formula is C13H21N3. The van der Waals surface area contributed by atoms with Crippen LogP contribution in [0.5, 0.6) is 0 Å². The van der Waals surface area contributed by atoms with Crippen LogP contribution in [0.25, 0.3) is 0 Å². The van der Waals surface area contributed by atoms with Gasteiger partial charge in [0.2, 0.25) is 0 Å². The van der Waals surface area contributed by atoms with Gasteiger partial charge in [-0.15, -0.1) is 6.58 Å². The van der Waals surface area contributed by atoms with Gasteiger partial charge in [0.1, 0.15) is 0 Å². The monoisotopic (exact) mass is 219 g/mol. The second kappa shape index (κ2) is 7.12. The van der Waals surface area contributed by atoms with Gasteiger partial charge in [-0.1, -0.05) is 12.5 Å². The van der Waals surface area contributed by atoms with Crippen LogP contribution in [0.1, 0.15) is 44.8 Å². The molecule has 1 rings (SSSR count). The van der Waals surface area contributed by atoms with Crippen LogP contribution in [-0.4, -0.2) is 16.5 Å². The van der Waals surface area contributed by atoms with Crippen LogP contribution in [0.2, 0.25) is 0 Å². The molecule has 88 valence electrons. The summed E-state index contributed by atoms with van der Waals surface area (Å²) in [6.07, 6.45) is 8.48. The summed E-state index contributed by atoms with van der Waals surface area (Å²) < 4.78 is 0. The van der Waals surface area contributed by atoms with Crippen LogP contribution in [-0.2, 0) is 0 Å². The molecule has 0 amide bonds. The molecule has 0 aromatic carbocycles. The van der Waals surface area contributed by atoms with Crippen molar-refractivity contribution >= 4 is 0 Å². The molecule has 3 nitrogen and oxygen atoms in total. The fourth-order valence-electron chi connectivity index (χ4n) is 1.55. The first-order chi connectivity index (χ1) is 7.74. The molecule has 1 atom stereocenters. The van der Waals surface area contributed by atoms with E-state index in [1.165, 1.54) is 5.57 Å². The van der Waals surface area contributed by atoms with Gasteiger partial charge in [0.05, 0.1) is 11.7 Å². The van der Waals surface area contributed by atoms with E-state index in [1.807, 2.05) is 6.20 Å². The Bertz CT molecular complexity index is 308. The Morgan fingerprint density at radius 3 is 2.88 bits per heavy atom. The van der Waals surface area contributed by atoms with Gasteiger partial charge in [-0.3, -0.25) is 9.97 Å². The minimum Gasteiger partial charge on any atom is -0.309 e. The summed E-state index contributed by atoms with van der Waals surface area (Å²) >= 11 is 0. The minimum absolute atomic E-state index is 0.297. The zero-order chi connectivity index (χ0) is 11.8. The maximum absolute atomic E-state index is 4.36. The highest BCUT2D eigenvalue weighted by molar-refractivity contribution is 5.03. The van der Waals surface area contributed by atoms with Gasteiger partial charge in [-0.25, -0.2) is 0 Å². The summed E-state index contributed by atoms with van der Waals surface area (Å²) in [5.74, 6) is 0. The van der Waals surface area contributed by atoms with E-state index in [-0.39, 0.29) is 0 Å². The molecule has 16 heavy (non-hydrogen) atoms. The third kappa shape index (κ3) is 4.53. The third-order valence-corrected chi connectivity index (χ3v) is 2.44. The van der Waals surface area contributed by atoms with Gasteiger partial charge < -0.3 is 5.32 Å². The maximum Gasteiger partial charge on any atom is 0.0756 e. The first-order valence-corrected chi connectivity index (χ1v) is 5.87. The van der Waals surface area contributed by atoms with Gasteiger partial charge in [0, 0.05) is 18.6 Å². The minimum atomic E-state index is 0.297. The summed E-state index contributed by atoms with van der Waals surface area (Å²) in [6.45, 7) is 9.18. The zero-order valence-corrected chi connectivity index (χ0v) is 10.2. The Labute approximate surface area is 98.0 Å². The molecule has 1 unspecified atom stereocenters. The molecule has 0 aliphatic heterocycles. The Kier molecular flexibility index (Phi) is 5.72. The van der Waals surface area contributed by atoms with Gasteiger partial charge in [-0.2, -0.15) is 0 Å². The number of hydrogen-bond acceptors (Lipinski definition) is 3. The molecule has 0 aliphatic carbocycles. The highest BCUT2D eigenvalue weighted by atomic mass is 14.9. The molecule has 0 bridgehead atoms. The molecule has 1 N–H and O–H groups in total. The summed E-state index contributed by atoms with van der Waals surface area (Å²) in [5.41, 5.74) is 2.24. The number of hydrogen-bond donors (Lipinski definition) is 1. The van der Waals surface area contributed by atoms with Crippen molar-refractivity contribution in [2.75, 3.05) is 6.54 Å². The smallest absolute Gasteiger partial charge is 0.0756 e. The van der Waals surface area contributed by atoms with E-state index in [9.17, 15) is 0 Å². The summed E-state index contributed by atoms with van der Waals surface area (Å²) in [6, 6.07) is 0.297. The van der Waals surface area contributed by atoms with E-state index in [0.717, 1.165) is 31.5 Å². The summed E-state index contributed by atoms with van der Waals surface area (Å²) in [4.78, 5) is 8.47. The van der Waals surface area contributed by atoms with Crippen molar-refractivity contribution in [2.24, 2.45) is 0 Å². The van der Waals surface area contributed by atoms with Crippen molar-refractivity contribution in [3.63, 3.8) is 0 Å². The Balaban J connectivity index is 2.59. The molecule has 0 saturated heterocycles. The number of rotatable bonds is 7. The van der Waals surface area contributed by atoms with Crippen molar-refractivity contribution in [3.8, 4) is 0 Å². The van der Waals surface area contributed by atoms with Crippen LogP contribution >= 0.6 is 0 Å². The van der Waals surface area contributed by atoms with E-state index >= 15 is 0 Å². The van der Waals surface area contributed by atoms with E-state index in [2.05, 4.69) is 35.7 Å². The van der Waals surface area contributed by atoms with E-state index in [0.29, 0.717) is 6.04 Å². The predicted molar refractivity (Wildman–Crippen MR) is 67.1 cm³/mol. The van der Waals surface area contributed by atoms with Crippen LogP contribution in [0, 0.1) is 0 Å². The quantitative estimate of drug-likeness (QED) is 0.717. The highest BCUT2D eigenvalue weighted by Crippen LogP contribution is 2.17. The zero-order valence-electron chi connectivity index (χ0n) is 10.2. The number of aromatic nitrogens is 2. The largest absolute Gasteiger partial charge is 0.309 e. The van der Waals surface area contributed by atoms with Gasteiger partial charge in [0.15, 0.2) is 0 Å². The predicted octanol–water partition coefficient (Wildman–Crippen LogP) is 2.87. The SMILES string of the molecule is C=C(C)CCC(NCCC)c1cnccn1. The number of allylic oxidation sites excluding steroid dienone is 1. The van der Waals surface area contributed by atoms with E-state index < -0.39 is 0 Å². The summed E-state index contributed by atoms with van der Waals surface area (Å²) in [5, 5.41) is 3.50. The fraction of sp³-hybridized carbons (Fsp3) is 0.538. The normalized spacial score (nSPS) is 12.4. The van der Waals surface area contributed by atoms with E-state index in [1.54, 1.807) is 12.4 Å². The molecule has 0 saturated carbocycles. The molecule has 0 aliphatic rings. The van der Waals surface area contributed by atoms with Crippen LogP contribution in [0.3, 0.4) is 0 Å². The molecule has 0 fully saturated rings. The maximum atomic E-state index is 4.36. The Hall–Kier alpha value is -1.22. The topological polar surface area (TPSA) is 37.8 Å². The first-order valence-electron chi connectivity index (χ1n) is 5.87. The molecular weight excluding hydrogens is 198 g/mol. The molecule has 1 aromatic heterocycles. The first kappa shape index (κ1) is 12.8. The lowest BCUT2D eigenvalue weighted by Gasteiger charge is -2.17. The average Bonchev–Trinajstić information content (AvgIpc) is 2.30. The van der Waals surface area contributed by atoms with Gasteiger partial charge in [-0.05, 0) is 32.7 Å². The third-order valence-electron chi connectivity index (χ3n) is 2.44. The van der Waals surface area contributed by atoms with Crippen molar-refractivity contribution in [1.82, 2.24) is 15.3 Å². The van der Waals surface area contributed by atoms with Crippen molar-refractivity contribution in [1.29, 1.82) is 0 Å². The van der Waals surface area contributed by atoms with Crippen LogP contribution in [0.15, 0.2) is 30.7 Å². The van der Waals surface area contributed by atoms with E-state index in [4.69, 9.17) is 0 Å². The molecule has 3 heteroatoms. The van der Waals surface area contributed by atoms with Crippen molar-refractivity contribution in [2.45, 2.75) is 39.2 Å². The molecule has 1 aromatic rings. The molecule has 1 heterocycles. The van der Waals surface area contributed by atoms with Crippen LogP contribution < -0.4 is 5.32 Å². The van der Waals surface area contributed by atoms with Gasteiger partial charge in [0.25, 0.3) is 0 Å². The lowest BCUT2D eigenvalue weighted by molar-refractivity contribution is 0.487. The molecule has 0 spiro atoms. The highest BCUT2D eigenvalue weighted by Gasteiger charge is 2.11. The number of nitrogens with one attached hydrogen (secondary N) is 1. The average molecular weight is 219 g/mol. The summed E-state index contributed by atoms with van der Waals surface area (Å²) in [7, 11) is 0. The number of nitrogens with zero attached hydrogens (tertiary/aromatic N) is 2. The van der Waals surface area contributed by atoms with Gasteiger partial charge >= 0.3 is 0 Å². The van der Waals surface area contributed by atoms with Crippen molar-refractivity contribution < 1.29 is 0 Å². The Morgan fingerprint density at radius 2 is 2.31 bits per heavy atom. The second-order valence-corrected chi connectivity index (χ2v) is 4.13. The fourth-order valence-corrected chi connectivity index (χ4v) is 1.55. The lowest BCUT2D eigenvalue weighted by atomic mass is 10.0. The van der Waals surface area contributed by atoms with Crippen LogP contribution in [0.4, 0.5) is 0 Å². The molecule has 0 radical (unpaired) electrons. The lowest BCUT2D eigenvalue weighted by Crippen LogP contribution is -2.23. The standard InChI is InChI=1S/C13H21N3/c1-4-7-15-12(6-5-11(2)3)13-10-14-8-9-16-13/h8-10,12,15H,2,4-7H2,1,3H3. The Morgan fingerprint density at radius 1 is 1.50 bits per heavy atom.